The number of carbonyl (C=O) groups excluding carboxylic acids is 1. The van der Waals surface area contributed by atoms with Gasteiger partial charge in [0.15, 0.2) is 0 Å². The Bertz CT molecular complexity index is 631. The maximum Gasteiger partial charge on any atom is 0.326 e. The van der Waals surface area contributed by atoms with Gasteiger partial charge in [-0.3, -0.25) is 4.57 Å². The van der Waals surface area contributed by atoms with E-state index < -0.39 is 0 Å². The Kier molecular flexibility index (Phi) is 5.57. The quantitative estimate of drug-likeness (QED) is 0.885. The summed E-state index contributed by atoms with van der Waals surface area (Å²) >= 11 is 0. The highest BCUT2D eigenvalue weighted by molar-refractivity contribution is 5.93. The molecule has 1 N–H and O–H groups in total. The third-order valence-electron chi connectivity index (χ3n) is 3.68. The van der Waals surface area contributed by atoms with E-state index in [2.05, 4.69) is 35.3 Å². The maximum atomic E-state index is 12.4. The lowest BCUT2D eigenvalue weighted by Gasteiger charge is -2.11. The first-order valence-electron chi connectivity index (χ1n) is 7.65. The summed E-state index contributed by atoms with van der Waals surface area (Å²) in [5.41, 5.74) is 2.19. The molecule has 0 saturated carbocycles. The second-order valence-electron chi connectivity index (χ2n) is 6.13. The summed E-state index contributed by atoms with van der Waals surface area (Å²) in [6.45, 7) is 2.44. The first kappa shape index (κ1) is 16.5. The van der Waals surface area contributed by atoms with Crippen molar-refractivity contribution in [1.29, 1.82) is 0 Å². The van der Waals surface area contributed by atoms with Crippen LogP contribution in [0.1, 0.15) is 5.56 Å². The summed E-state index contributed by atoms with van der Waals surface area (Å²) in [4.78, 5) is 16.6. The molecule has 0 aliphatic heterocycles. The lowest BCUT2D eigenvalue weighted by Crippen LogP contribution is -2.33. The van der Waals surface area contributed by atoms with Crippen molar-refractivity contribution < 1.29 is 4.79 Å². The number of nitrogens with zero attached hydrogens (tertiary/aromatic N) is 3. The molecule has 0 spiro atoms. The zero-order valence-electron chi connectivity index (χ0n) is 14.0. The van der Waals surface area contributed by atoms with Crippen molar-refractivity contribution in [2.75, 3.05) is 47.8 Å². The summed E-state index contributed by atoms with van der Waals surface area (Å²) in [6, 6.07) is 8.02. The highest BCUT2D eigenvalue weighted by Gasteiger charge is 2.13. The number of nitrogens with one attached hydrogen (secondary N) is 1. The van der Waals surface area contributed by atoms with Gasteiger partial charge in [0.2, 0.25) is 0 Å². The molecule has 1 aromatic carbocycles. The molecule has 22 heavy (non-hydrogen) atoms. The molecule has 0 fully saturated rings. The topological polar surface area (TPSA) is 40.5 Å². The van der Waals surface area contributed by atoms with Gasteiger partial charge in [0.05, 0.1) is 5.52 Å². The molecule has 1 aromatic heterocycles. The number of carbonyl (C=O) groups is 1. The average Bonchev–Trinajstić information content (AvgIpc) is 2.83. The van der Waals surface area contributed by atoms with Gasteiger partial charge in [0.25, 0.3) is 0 Å². The molecule has 0 saturated heterocycles. The minimum Gasteiger partial charge on any atom is -0.336 e. The van der Waals surface area contributed by atoms with E-state index in [0.717, 1.165) is 30.4 Å². The van der Waals surface area contributed by atoms with Gasteiger partial charge >= 0.3 is 6.03 Å². The van der Waals surface area contributed by atoms with E-state index in [0.29, 0.717) is 6.54 Å². The second-order valence-corrected chi connectivity index (χ2v) is 6.13. The molecule has 1 amide bonds. The fourth-order valence-corrected chi connectivity index (χ4v) is 2.43. The summed E-state index contributed by atoms with van der Waals surface area (Å²) in [7, 11) is 8.12. The van der Waals surface area contributed by atoms with Gasteiger partial charge in [-0.1, -0.05) is 18.2 Å². The molecule has 0 aliphatic carbocycles. The number of hydrogen-bond acceptors (Lipinski definition) is 3. The molecule has 120 valence electrons. The zero-order chi connectivity index (χ0) is 16.1. The molecule has 0 unspecified atom stereocenters. The summed E-state index contributed by atoms with van der Waals surface area (Å²) in [5, 5.41) is 4.13. The lowest BCUT2D eigenvalue weighted by atomic mass is 10.1. The Labute approximate surface area is 132 Å². The van der Waals surface area contributed by atoms with Crippen LogP contribution in [0.15, 0.2) is 30.5 Å². The van der Waals surface area contributed by atoms with Crippen LogP contribution < -0.4 is 5.32 Å². The number of rotatable bonds is 6. The van der Waals surface area contributed by atoms with Crippen LogP contribution in [-0.4, -0.2) is 68.2 Å². The summed E-state index contributed by atoms with van der Waals surface area (Å²) in [6.07, 6.45) is 2.91. The van der Waals surface area contributed by atoms with Crippen LogP contribution in [-0.2, 0) is 6.42 Å². The number of hydrogen-bond donors (Lipinski definition) is 1. The highest BCUT2D eigenvalue weighted by Crippen LogP contribution is 2.21. The van der Waals surface area contributed by atoms with E-state index in [4.69, 9.17) is 0 Å². The number of likely N-dealkylation sites (N-methyl/N-ethyl adjacent to an activating group) is 2. The Morgan fingerprint density at radius 2 is 1.77 bits per heavy atom. The number of aromatic nitrogens is 1. The molecule has 2 rings (SSSR count). The molecule has 0 aliphatic rings. The van der Waals surface area contributed by atoms with Crippen molar-refractivity contribution in [2.45, 2.75) is 6.42 Å². The van der Waals surface area contributed by atoms with E-state index in [9.17, 15) is 4.79 Å². The highest BCUT2D eigenvalue weighted by atomic mass is 16.2. The van der Waals surface area contributed by atoms with Crippen LogP contribution in [0.2, 0.25) is 0 Å². The largest absolute Gasteiger partial charge is 0.336 e. The molecule has 1 heterocycles. The number of para-hydroxylation sites is 1. The normalized spacial score (nSPS) is 11.5. The van der Waals surface area contributed by atoms with Gasteiger partial charge in [-0.2, -0.15) is 0 Å². The minimum atomic E-state index is -0.0610. The van der Waals surface area contributed by atoms with E-state index in [1.54, 1.807) is 4.57 Å². The molecular formula is C17H26N4O. The molecule has 2 aromatic rings. The molecule has 0 atom stereocenters. The summed E-state index contributed by atoms with van der Waals surface area (Å²) < 4.78 is 1.73. The first-order valence-corrected chi connectivity index (χ1v) is 7.65. The van der Waals surface area contributed by atoms with Gasteiger partial charge in [0.1, 0.15) is 0 Å². The zero-order valence-corrected chi connectivity index (χ0v) is 14.0. The molecular weight excluding hydrogens is 276 g/mol. The van der Waals surface area contributed by atoms with Crippen molar-refractivity contribution in [3.05, 3.63) is 36.0 Å². The van der Waals surface area contributed by atoms with Gasteiger partial charge in [0, 0.05) is 31.2 Å². The van der Waals surface area contributed by atoms with Crippen LogP contribution in [0.3, 0.4) is 0 Å². The minimum absolute atomic E-state index is 0.0610. The van der Waals surface area contributed by atoms with Gasteiger partial charge < -0.3 is 15.1 Å². The van der Waals surface area contributed by atoms with E-state index in [-0.39, 0.29) is 6.03 Å². The molecule has 0 radical (unpaired) electrons. The second kappa shape index (κ2) is 7.42. The molecule has 5 heteroatoms. The Morgan fingerprint density at radius 3 is 2.45 bits per heavy atom. The molecule has 0 bridgehead atoms. The van der Waals surface area contributed by atoms with Gasteiger partial charge in [-0.05, 0) is 46.2 Å². The van der Waals surface area contributed by atoms with Crippen LogP contribution in [0.5, 0.6) is 0 Å². The summed E-state index contributed by atoms with van der Waals surface area (Å²) in [5.74, 6) is 0. The SMILES string of the molecule is CN(C)CCNC(=O)n1cc(CCN(C)C)c2ccccc21. The predicted molar refractivity (Wildman–Crippen MR) is 91.5 cm³/mol. The van der Waals surface area contributed by atoms with Gasteiger partial charge in [-0.25, -0.2) is 4.79 Å². The Balaban J connectivity index is 2.20. The van der Waals surface area contributed by atoms with Crippen molar-refractivity contribution in [2.24, 2.45) is 0 Å². The fourth-order valence-electron chi connectivity index (χ4n) is 2.43. The van der Waals surface area contributed by atoms with E-state index in [1.165, 1.54) is 5.56 Å². The van der Waals surface area contributed by atoms with Crippen LogP contribution in [0.4, 0.5) is 4.79 Å². The fraction of sp³-hybridized carbons (Fsp3) is 0.471. The van der Waals surface area contributed by atoms with Crippen LogP contribution in [0.25, 0.3) is 10.9 Å². The third kappa shape index (κ3) is 4.08. The Morgan fingerprint density at radius 1 is 1.09 bits per heavy atom. The first-order chi connectivity index (χ1) is 10.5. The lowest BCUT2D eigenvalue weighted by molar-refractivity contribution is 0.242. The van der Waals surface area contributed by atoms with E-state index in [1.807, 2.05) is 38.5 Å². The third-order valence-corrected chi connectivity index (χ3v) is 3.68. The number of amides is 1. The average molecular weight is 302 g/mol. The maximum absolute atomic E-state index is 12.4. The standard InChI is InChI=1S/C17H26N4O/c1-19(2)11-9-14-13-21(16-8-6-5-7-15(14)16)17(22)18-10-12-20(3)4/h5-8,13H,9-12H2,1-4H3,(H,18,22). The van der Waals surface area contributed by atoms with Gasteiger partial charge in [-0.15, -0.1) is 0 Å². The molecule has 5 nitrogen and oxygen atoms in total. The van der Waals surface area contributed by atoms with Crippen LogP contribution >= 0.6 is 0 Å². The van der Waals surface area contributed by atoms with Crippen LogP contribution in [0, 0.1) is 0 Å². The van der Waals surface area contributed by atoms with Crippen molar-refractivity contribution in [3.63, 3.8) is 0 Å². The van der Waals surface area contributed by atoms with E-state index >= 15 is 0 Å². The smallest absolute Gasteiger partial charge is 0.326 e. The van der Waals surface area contributed by atoms with Crippen molar-refractivity contribution in [1.82, 2.24) is 19.7 Å². The van der Waals surface area contributed by atoms with Crippen molar-refractivity contribution >= 4 is 16.9 Å². The monoisotopic (exact) mass is 302 g/mol. The van der Waals surface area contributed by atoms with Crippen molar-refractivity contribution in [3.8, 4) is 0 Å². The predicted octanol–water partition coefficient (Wildman–Crippen LogP) is 1.86. The Hall–Kier alpha value is -1.85. The number of benzene rings is 1. The number of fused-ring (bicyclic) bond motifs is 1.